The van der Waals surface area contributed by atoms with E-state index in [2.05, 4.69) is 55.5 Å². The Balaban J connectivity index is 2.51. The minimum Gasteiger partial charge on any atom is -0.469 e. The van der Waals surface area contributed by atoms with Gasteiger partial charge in [0.15, 0.2) is 0 Å². The van der Waals surface area contributed by atoms with E-state index >= 15 is 0 Å². The molecule has 1 rings (SSSR count). The van der Waals surface area contributed by atoms with Gasteiger partial charge in [-0.15, -0.1) is 0 Å². The molecule has 0 bridgehead atoms. The molecule has 1 atom stereocenters. The molecule has 1 aromatic rings. The number of benzene rings is 1. The molecule has 0 aliphatic carbocycles. The van der Waals surface area contributed by atoms with Crippen molar-refractivity contribution in [3.8, 4) is 0 Å². The third kappa shape index (κ3) is 7.83. The minimum atomic E-state index is -0.160. The molecule has 4 nitrogen and oxygen atoms in total. The van der Waals surface area contributed by atoms with E-state index in [0.29, 0.717) is 6.42 Å². The standard InChI is InChI=1S/C17H28N2O2/c1-14-6-8-15(9-7-14)12-16(13-17(20)21-4)18-10-5-11-19(2)3/h6-9,16,18H,5,10-13H2,1-4H3. The summed E-state index contributed by atoms with van der Waals surface area (Å²) >= 11 is 0. The number of ether oxygens (including phenoxy) is 1. The monoisotopic (exact) mass is 292 g/mol. The van der Waals surface area contributed by atoms with Crippen LogP contribution in [-0.4, -0.2) is 51.2 Å². The molecule has 1 unspecified atom stereocenters. The predicted octanol–water partition coefficient (Wildman–Crippen LogP) is 2.01. The molecule has 0 aliphatic heterocycles. The topological polar surface area (TPSA) is 41.6 Å². The largest absolute Gasteiger partial charge is 0.469 e. The van der Waals surface area contributed by atoms with Crippen molar-refractivity contribution in [1.82, 2.24) is 10.2 Å². The number of methoxy groups -OCH3 is 1. The predicted molar refractivity (Wildman–Crippen MR) is 86.5 cm³/mol. The van der Waals surface area contributed by atoms with Gasteiger partial charge in [-0.2, -0.15) is 0 Å². The average molecular weight is 292 g/mol. The van der Waals surface area contributed by atoms with Crippen molar-refractivity contribution in [2.24, 2.45) is 0 Å². The molecule has 0 fully saturated rings. The van der Waals surface area contributed by atoms with Crippen LogP contribution in [-0.2, 0) is 16.0 Å². The van der Waals surface area contributed by atoms with Gasteiger partial charge in [-0.3, -0.25) is 4.79 Å². The second kappa shape index (κ2) is 9.53. The Bertz CT molecular complexity index is 415. The van der Waals surface area contributed by atoms with E-state index in [1.54, 1.807) is 0 Å². The van der Waals surface area contributed by atoms with E-state index in [4.69, 9.17) is 4.74 Å². The van der Waals surface area contributed by atoms with E-state index in [0.717, 1.165) is 25.9 Å². The summed E-state index contributed by atoms with van der Waals surface area (Å²) in [5.41, 5.74) is 2.50. The summed E-state index contributed by atoms with van der Waals surface area (Å²) in [6, 6.07) is 8.59. The first-order valence-corrected chi connectivity index (χ1v) is 7.51. The molecule has 0 aromatic heterocycles. The second-order valence-corrected chi connectivity index (χ2v) is 5.78. The summed E-state index contributed by atoms with van der Waals surface area (Å²) in [6.45, 7) is 4.03. The molecule has 4 heteroatoms. The Hall–Kier alpha value is -1.39. The number of aryl methyl sites for hydroxylation is 1. The number of carbonyl (C=O) groups is 1. The smallest absolute Gasteiger partial charge is 0.307 e. The lowest BCUT2D eigenvalue weighted by Crippen LogP contribution is -2.35. The van der Waals surface area contributed by atoms with Gasteiger partial charge in [-0.05, 0) is 52.5 Å². The van der Waals surface area contributed by atoms with E-state index < -0.39 is 0 Å². The van der Waals surface area contributed by atoms with Crippen molar-refractivity contribution in [2.45, 2.75) is 32.2 Å². The third-order valence-corrected chi connectivity index (χ3v) is 3.46. The van der Waals surface area contributed by atoms with Crippen LogP contribution in [0.5, 0.6) is 0 Å². The van der Waals surface area contributed by atoms with E-state index in [9.17, 15) is 4.79 Å². The van der Waals surface area contributed by atoms with Gasteiger partial charge in [0, 0.05) is 6.04 Å². The Morgan fingerprint density at radius 2 is 1.95 bits per heavy atom. The SMILES string of the molecule is COC(=O)CC(Cc1ccc(C)cc1)NCCCN(C)C. The number of nitrogens with one attached hydrogen (secondary N) is 1. The van der Waals surface area contributed by atoms with E-state index in [-0.39, 0.29) is 12.0 Å². The molecule has 0 saturated heterocycles. The van der Waals surface area contributed by atoms with Crippen LogP contribution < -0.4 is 5.32 Å². The minimum absolute atomic E-state index is 0.127. The zero-order chi connectivity index (χ0) is 15.7. The van der Waals surface area contributed by atoms with Crippen LogP contribution >= 0.6 is 0 Å². The Kier molecular flexibility index (Phi) is 8.01. The first-order chi connectivity index (χ1) is 10.0. The van der Waals surface area contributed by atoms with Crippen LogP contribution in [0.15, 0.2) is 24.3 Å². The van der Waals surface area contributed by atoms with Gasteiger partial charge in [-0.25, -0.2) is 0 Å². The number of rotatable bonds is 9. The van der Waals surface area contributed by atoms with Crippen LogP contribution in [0.1, 0.15) is 24.0 Å². The summed E-state index contributed by atoms with van der Waals surface area (Å²) in [6.07, 6.45) is 2.32. The molecule has 21 heavy (non-hydrogen) atoms. The van der Waals surface area contributed by atoms with Gasteiger partial charge < -0.3 is 15.0 Å². The van der Waals surface area contributed by atoms with Crippen LogP contribution in [0, 0.1) is 6.92 Å². The lowest BCUT2D eigenvalue weighted by molar-refractivity contribution is -0.141. The lowest BCUT2D eigenvalue weighted by atomic mass is 10.0. The molecular weight excluding hydrogens is 264 g/mol. The first-order valence-electron chi connectivity index (χ1n) is 7.51. The second-order valence-electron chi connectivity index (χ2n) is 5.78. The summed E-state index contributed by atoms with van der Waals surface area (Å²) < 4.78 is 4.79. The summed E-state index contributed by atoms with van der Waals surface area (Å²) in [5.74, 6) is -0.160. The van der Waals surface area contributed by atoms with Gasteiger partial charge in [0.05, 0.1) is 13.5 Å². The van der Waals surface area contributed by atoms with Crippen molar-refractivity contribution in [2.75, 3.05) is 34.3 Å². The maximum atomic E-state index is 11.5. The number of esters is 1. The maximum absolute atomic E-state index is 11.5. The number of hydrogen-bond donors (Lipinski definition) is 1. The van der Waals surface area contributed by atoms with Crippen molar-refractivity contribution >= 4 is 5.97 Å². The lowest BCUT2D eigenvalue weighted by Gasteiger charge is -2.19. The van der Waals surface area contributed by atoms with Crippen molar-refractivity contribution in [3.05, 3.63) is 35.4 Å². The highest BCUT2D eigenvalue weighted by molar-refractivity contribution is 5.70. The van der Waals surface area contributed by atoms with E-state index in [1.165, 1.54) is 18.2 Å². The molecule has 0 aliphatic rings. The van der Waals surface area contributed by atoms with Crippen molar-refractivity contribution in [3.63, 3.8) is 0 Å². The van der Waals surface area contributed by atoms with Crippen molar-refractivity contribution in [1.29, 1.82) is 0 Å². The molecule has 0 heterocycles. The van der Waals surface area contributed by atoms with Gasteiger partial charge in [-0.1, -0.05) is 29.8 Å². The number of hydrogen-bond acceptors (Lipinski definition) is 4. The molecule has 0 radical (unpaired) electrons. The molecule has 118 valence electrons. The van der Waals surface area contributed by atoms with Crippen LogP contribution in [0.25, 0.3) is 0 Å². The highest BCUT2D eigenvalue weighted by Gasteiger charge is 2.14. The molecular formula is C17H28N2O2. The maximum Gasteiger partial charge on any atom is 0.307 e. The Morgan fingerprint density at radius 1 is 1.29 bits per heavy atom. The van der Waals surface area contributed by atoms with E-state index in [1.807, 2.05) is 0 Å². The van der Waals surface area contributed by atoms with Crippen molar-refractivity contribution < 1.29 is 9.53 Å². The first kappa shape index (κ1) is 17.7. The fraction of sp³-hybridized carbons (Fsp3) is 0.588. The Morgan fingerprint density at radius 3 is 2.52 bits per heavy atom. The quantitative estimate of drug-likeness (QED) is 0.558. The summed E-state index contributed by atoms with van der Waals surface area (Å²) in [7, 11) is 5.58. The highest BCUT2D eigenvalue weighted by atomic mass is 16.5. The molecule has 0 spiro atoms. The highest BCUT2D eigenvalue weighted by Crippen LogP contribution is 2.09. The number of carbonyl (C=O) groups excluding carboxylic acids is 1. The van der Waals surface area contributed by atoms with Crippen LogP contribution in [0.3, 0.4) is 0 Å². The average Bonchev–Trinajstić information content (AvgIpc) is 2.45. The van der Waals surface area contributed by atoms with Gasteiger partial charge in [0.25, 0.3) is 0 Å². The van der Waals surface area contributed by atoms with Gasteiger partial charge >= 0.3 is 5.97 Å². The summed E-state index contributed by atoms with van der Waals surface area (Å²) in [5, 5.41) is 3.48. The van der Waals surface area contributed by atoms with Gasteiger partial charge in [0.1, 0.15) is 0 Å². The van der Waals surface area contributed by atoms with Crippen LogP contribution in [0.4, 0.5) is 0 Å². The fourth-order valence-electron chi connectivity index (χ4n) is 2.21. The zero-order valence-corrected chi connectivity index (χ0v) is 13.7. The zero-order valence-electron chi connectivity index (χ0n) is 13.7. The van der Waals surface area contributed by atoms with Gasteiger partial charge in [0.2, 0.25) is 0 Å². The summed E-state index contributed by atoms with van der Waals surface area (Å²) in [4.78, 5) is 13.7. The molecule has 0 amide bonds. The molecule has 0 saturated carbocycles. The normalized spacial score (nSPS) is 12.4. The number of nitrogens with zero attached hydrogens (tertiary/aromatic N) is 1. The molecule has 1 aromatic carbocycles. The molecule has 1 N–H and O–H groups in total. The van der Waals surface area contributed by atoms with Crippen LogP contribution in [0.2, 0.25) is 0 Å². The fourth-order valence-corrected chi connectivity index (χ4v) is 2.21. The Labute approximate surface area is 128 Å². The third-order valence-electron chi connectivity index (χ3n) is 3.46.